The predicted octanol–water partition coefficient (Wildman–Crippen LogP) is 7.49. The van der Waals surface area contributed by atoms with E-state index in [0.29, 0.717) is 0 Å². The van der Waals surface area contributed by atoms with Crippen LogP contribution in [0.25, 0.3) is 22.3 Å². The molecule has 2 heteroatoms. The second kappa shape index (κ2) is 9.59. The van der Waals surface area contributed by atoms with Gasteiger partial charge in [0.1, 0.15) is 0 Å². The number of aliphatic hydroxyl groups is 2. The van der Waals surface area contributed by atoms with Crippen LogP contribution in [0.15, 0.2) is 84.9 Å². The molecule has 2 aliphatic carbocycles. The van der Waals surface area contributed by atoms with Gasteiger partial charge in [-0.25, -0.2) is 0 Å². The summed E-state index contributed by atoms with van der Waals surface area (Å²) < 4.78 is 0. The first-order valence-corrected chi connectivity index (χ1v) is 13.7. The Morgan fingerprint density at radius 3 is 1.38 bits per heavy atom. The number of aryl methyl sites for hydroxylation is 2. The molecule has 6 rings (SSSR count). The third kappa shape index (κ3) is 3.77. The van der Waals surface area contributed by atoms with E-state index in [1.165, 1.54) is 55.6 Å². The van der Waals surface area contributed by atoms with E-state index in [1.807, 2.05) is 0 Å². The topological polar surface area (TPSA) is 40.5 Å². The van der Waals surface area contributed by atoms with Gasteiger partial charge in [0.25, 0.3) is 0 Å². The lowest BCUT2D eigenvalue weighted by Gasteiger charge is -2.41. The van der Waals surface area contributed by atoms with Crippen LogP contribution >= 0.6 is 0 Å². The molecule has 0 fully saturated rings. The maximum atomic E-state index is 9.65. The average Bonchev–Trinajstić information content (AvgIpc) is 3.45. The van der Waals surface area contributed by atoms with Gasteiger partial charge in [-0.2, -0.15) is 0 Å². The molecule has 2 N–H and O–H groups in total. The van der Waals surface area contributed by atoms with E-state index in [4.69, 9.17) is 0 Å². The molecule has 2 atom stereocenters. The van der Waals surface area contributed by atoms with E-state index in [-0.39, 0.29) is 30.5 Å². The van der Waals surface area contributed by atoms with Gasteiger partial charge in [-0.05, 0) is 86.7 Å². The third-order valence-corrected chi connectivity index (χ3v) is 8.79. The first kappa shape index (κ1) is 24.2. The molecule has 0 saturated carbocycles. The molecule has 0 heterocycles. The summed E-state index contributed by atoms with van der Waals surface area (Å²) in [4.78, 5) is 0. The van der Waals surface area contributed by atoms with Gasteiger partial charge in [0.2, 0.25) is 0 Å². The van der Waals surface area contributed by atoms with Crippen molar-refractivity contribution in [3.05, 3.63) is 118 Å². The normalized spacial score (nSPS) is 17.3. The zero-order chi connectivity index (χ0) is 25.6. The van der Waals surface area contributed by atoms with Gasteiger partial charge >= 0.3 is 0 Å². The van der Waals surface area contributed by atoms with Crippen LogP contribution in [0, 0.1) is 5.41 Å². The van der Waals surface area contributed by atoms with E-state index in [9.17, 15) is 10.2 Å². The van der Waals surface area contributed by atoms with Crippen molar-refractivity contribution in [2.75, 3.05) is 13.2 Å². The number of rotatable bonds is 8. The molecule has 0 saturated heterocycles. The molecular weight excluding hydrogens is 452 g/mol. The van der Waals surface area contributed by atoms with Gasteiger partial charge in [0.05, 0.1) is 0 Å². The maximum absolute atomic E-state index is 9.65. The Morgan fingerprint density at radius 1 is 0.541 bits per heavy atom. The molecule has 2 aliphatic rings. The van der Waals surface area contributed by atoms with Gasteiger partial charge in [0.15, 0.2) is 0 Å². The summed E-state index contributed by atoms with van der Waals surface area (Å²) in [6.07, 6.45) is 3.33. The van der Waals surface area contributed by atoms with Crippen molar-refractivity contribution in [2.45, 2.75) is 51.4 Å². The lowest BCUT2D eigenvalue weighted by atomic mass is 9.62. The van der Waals surface area contributed by atoms with Crippen molar-refractivity contribution in [1.82, 2.24) is 0 Å². The molecule has 4 aromatic carbocycles. The van der Waals surface area contributed by atoms with Gasteiger partial charge in [-0.15, -0.1) is 0 Å². The molecule has 0 bridgehead atoms. The zero-order valence-electron chi connectivity index (χ0n) is 21.9. The summed E-state index contributed by atoms with van der Waals surface area (Å²) in [6, 6.07) is 31.4. The molecule has 2 unspecified atom stereocenters. The highest BCUT2D eigenvalue weighted by Crippen LogP contribution is 2.63. The minimum Gasteiger partial charge on any atom is -0.396 e. The molecule has 4 aromatic rings. The first-order valence-electron chi connectivity index (χ1n) is 13.7. The van der Waals surface area contributed by atoms with Crippen LogP contribution in [-0.4, -0.2) is 23.4 Å². The minimum absolute atomic E-state index is 0.118. The van der Waals surface area contributed by atoms with Crippen molar-refractivity contribution < 1.29 is 10.2 Å². The van der Waals surface area contributed by atoms with Crippen molar-refractivity contribution in [1.29, 1.82) is 0 Å². The van der Waals surface area contributed by atoms with Crippen LogP contribution < -0.4 is 0 Å². The smallest absolute Gasteiger partial charge is 0.0434 e. The highest BCUT2D eigenvalue weighted by Gasteiger charge is 2.49. The third-order valence-electron chi connectivity index (χ3n) is 8.79. The van der Waals surface area contributed by atoms with Gasteiger partial charge in [-0.1, -0.05) is 98.8 Å². The predicted molar refractivity (Wildman–Crippen MR) is 152 cm³/mol. The van der Waals surface area contributed by atoms with Crippen LogP contribution in [0.2, 0.25) is 0 Å². The maximum Gasteiger partial charge on any atom is 0.0434 e. The van der Waals surface area contributed by atoms with Crippen molar-refractivity contribution >= 4 is 0 Å². The number of benzene rings is 4. The summed E-state index contributed by atoms with van der Waals surface area (Å²) in [6.45, 7) is 5.35. The summed E-state index contributed by atoms with van der Waals surface area (Å²) in [5.41, 5.74) is 13.7. The summed E-state index contributed by atoms with van der Waals surface area (Å²) >= 11 is 0. The van der Waals surface area contributed by atoms with Crippen LogP contribution in [0.1, 0.15) is 71.9 Å². The Morgan fingerprint density at radius 2 is 0.946 bits per heavy atom. The Bertz CT molecular complexity index is 1340. The second-order valence-electron chi connectivity index (χ2n) is 11.3. The van der Waals surface area contributed by atoms with E-state index >= 15 is 0 Å². The highest BCUT2D eigenvalue weighted by molar-refractivity contribution is 5.83. The fraction of sp³-hybridized carbons (Fsp3) is 0.314. The average molecular weight is 489 g/mol. The molecule has 37 heavy (non-hydrogen) atoms. The monoisotopic (exact) mass is 488 g/mol. The highest BCUT2D eigenvalue weighted by atomic mass is 16.3. The van der Waals surface area contributed by atoms with Crippen molar-refractivity contribution in [3.63, 3.8) is 0 Å². The quantitative estimate of drug-likeness (QED) is 0.270. The summed E-state index contributed by atoms with van der Waals surface area (Å²) in [5.74, 6) is 0.479. The Labute approximate surface area is 220 Å². The minimum atomic E-state index is -0.118. The van der Waals surface area contributed by atoms with E-state index in [2.05, 4.69) is 98.8 Å². The molecule has 188 valence electrons. The second-order valence-corrected chi connectivity index (χ2v) is 11.3. The van der Waals surface area contributed by atoms with Crippen LogP contribution in [0.3, 0.4) is 0 Å². The first-order chi connectivity index (χ1) is 18.1. The largest absolute Gasteiger partial charge is 0.396 e. The summed E-state index contributed by atoms with van der Waals surface area (Å²) in [5, 5.41) is 19.3. The van der Waals surface area contributed by atoms with Crippen LogP contribution in [0.5, 0.6) is 0 Å². The number of aliphatic hydroxyl groups excluding tert-OH is 2. The number of hydrogen-bond acceptors (Lipinski definition) is 2. The Kier molecular flexibility index (Phi) is 6.26. The zero-order valence-corrected chi connectivity index (χ0v) is 21.9. The van der Waals surface area contributed by atoms with Crippen molar-refractivity contribution in [2.24, 2.45) is 5.41 Å². The molecule has 0 radical (unpaired) electrons. The van der Waals surface area contributed by atoms with Crippen LogP contribution in [-0.2, 0) is 12.8 Å². The van der Waals surface area contributed by atoms with E-state index in [0.717, 1.165) is 25.7 Å². The number of hydrogen-bond donors (Lipinski definition) is 2. The Balaban J connectivity index is 1.58. The molecule has 2 nitrogen and oxygen atoms in total. The van der Waals surface area contributed by atoms with E-state index in [1.54, 1.807) is 0 Å². The molecule has 0 amide bonds. The lowest BCUT2D eigenvalue weighted by Crippen LogP contribution is -2.30. The molecular formula is C35H36O2. The Hall–Kier alpha value is -3.20. The SMILES string of the molecule is CC(C)(C1c2ccccc2-c2cccc(CCCO)c21)C1c2ccccc2-c2cccc(CCCO)c21. The number of fused-ring (bicyclic) bond motifs is 6. The fourth-order valence-corrected chi connectivity index (χ4v) is 7.36. The van der Waals surface area contributed by atoms with Crippen molar-refractivity contribution in [3.8, 4) is 22.3 Å². The lowest BCUT2D eigenvalue weighted by molar-refractivity contribution is 0.276. The van der Waals surface area contributed by atoms with Crippen LogP contribution in [0.4, 0.5) is 0 Å². The van der Waals surface area contributed by atoms with Gasteiger partial charge in [-0.3, -0.25) is 0 Å². The molecule has 0 aromatic heterocycles. The summed E-state index contributed by atoms with van der Waals surface area (Å²) in [7, 11) is 0. The van der Waals surface area contributed by atoms with Gasteiger partial charge in [0, 0.05) is 25.0 Å². The van der Waals surface area contributed by atoms with E-state index < -0.39 is 0 Å². The molecule has 0 spiro atoms. The fourth-order valence-electron chi connectivity index (χ4n) is 7.36. The van der Waals surface area contributed by atoms with Gasteiger partial charge < -0.3 is 10.2 Å². The molecule has 0 aliphatic heterocycles. The standard InChI is InChI=1S/C35H36O2/c1-35(2,33-29-17-5-3-15-25(29)27-19-7-11-23(31(27)33)13-9-21-36)34-30-18-6-4-16-26(30)28-20-8-12-24(32(28)34)14-10-22-37/h3-8,11-12,15-20,33-34,36-37H,9-10,13-14,21-22H2,1-2H3.